The van der Waals surface area contributed by atoms with E-state index in [4.69, 9.17) is 4.42 Å². The van der Waals surface area contributed by atoms with Crippen molar-refractivity contribution in [3.8, 4) is 0 Å². The molecule has 1 aromatic carbocycles. The summed E-state index contributed by atoms with van der Waals surface area (Å²) in [6.07, 6.45) is 1.62. The summed E-state index contributed by atoms with van der Waals surface area (Å²) in [5, 5.41) is 6.59. The number of carbonyl (C=O) groups is 1. The SMILES string of the molecule is C[C@H](NC(=O)N[C@@H](C)C[S@](C)=O)c1cc2ccccc2o1. The zero-order chi connectivity index (χ0) is 15.4. The number of rotatable bonds is 5. The molecule has 2 amide bonds. The first-order valence-electron chi connectivity index (χ1n) is 6.81. The first-order valence-corrected chi connectivity index (χ1v) is 8.54. The number of benzene rings is 1. The van der Waals surface area contributed by atoms with E-state index in [9.17, 15) is 9.00 Å². The number of amides is 2. The molecule has 0 bridgehead atoms. The lowest BCUT2D eigenvalue weighted by Gasteiger charge is -2.16. The summed E-state index contributed by atoms with van der Waals surface area (Å²) in [6.45, 7) is 3.69. The summed E-state index contributed by atoms with van der Waals surface area (Å²) in [7, 11) is -0.932. The van der Waals surface area contributed by atoms with Gasteiger partial charge in [0.25, 0.3) is 0 Å². The van der Waals surface area contributed by atoms with Gasteiger partial charge >= 0.3 is 6.03 Å². The number of nitrogens with one attached hydrogen (secondary N) is 2. The van der Waals surface area contributed by atoms with Crippen LogP contribution < -0.4 is 10.6 Å². The largest absolute Gasteiger partial charge is 0.459 e. The summed E-state index contributed by atoms with van der Waals surface area (Å²) in [4.78, 5) is 11.9. The molecular weight excluding hydrogens is 288 g/mol. The van der Waals surface area contributed by atoms with Crippen LogP contribution in [0.2, 0.25) is 0 Å². The van der Waals surface area contributed by atoms with Gasteiger partial charge in [-0.25, -0.2) is 4.79 Å². The lowest BCUT2D eigenvalue weighted by Crippen LogP contribution is -2.43. The average molecular weight is 308 g/mol. The van der Waals surface area contributed by atoms with E-state index >= 15 is 0 Å². The van der Waals surface area contributed by atoms with E-state index in [1.165, 1.54) is 0 Å². The van der Waals surface area contributed by atoms with Gasteiger partial charge in [-0.2, -0.15) is 0 Å². The zero-order valence-corrected chi connectivity index (χ0v) is 13.2. The van der Waals surface area contributed by atoms with Gasteiger partial charge in [0.1, 0.15) is 11.3 Å². The quantitative estimate of drug-likeness (QED) is 0.891. The Hall–Kier alpha value is -1.82. The zero-order valence-electron chi connectivity index (χ0n) is 12.4. The van der Waals surface area contributed by atoms with Crippen LogP contribution in [-0.4, -0.2) is 28.3 Å². The van der Waals surface area contributed by atoms with Crippen molar-refractivity contribution < 1.29 is 13.4 Å². The molecule has 6 heteroatoms. The van der Waals surface area contributed by atoms with Crippen molar-refractivity contribution in [3.63, 3.8) is 0 Å². The smallest absolute Gasteiger partial charge is 0.315 e. The Labute approximate surface area is 126 Å². The van der Waals surface area contributed by atoms with E-state index in [1.54, 1.807) is 6.26 Å². The highest BCUT2D eigenvalue weighted by Crippen LogP contribution is 2.23. The second-order valence-electron chi connectivity index (χ2n) is 5.17. The fourth-order valence-corrected chi connectivity index (χ4v) is 2.93. The van der Waals surface area contributed by atoms with Crippen LogP contribution in [0.25, 0.3) is 11.0 Å². The van der Waals surface area contributed by atoms with Crippen molar-refractivity contribution in [2.75, 3.05) is 12.0 Å². The summed E-state index contributed by atoms with van der Waals surface area (Å²) in [5.41, 5.74) is 0.802. The Morgan fingerprint density at radius 3 is 2.67 bits per heavy atom. The summed E-state index contributed by atoms with van der Waals surface area (Å²) in [6, 6.07) is 8.96. The first-order chi connectivity index (χ1) is 9.95. The third kappa shape index (κ3) is 4.32. The molecular formula is C15H20N2O3S. The summed E-state index contributed by atoms with van der Waals surface area (Å²) < 4.78 is 16.8. The van der Waals surface area contributed by atoms with Crippen LogP contribution in [-0.2, 0) is 10.8 Å². The Bertz CT molecular complexity index is 620. The standard InChI is InChI=1S/C15H20N2O3S/c1-10(9-21(3)19)16-15(18)17-11(2)14-8-12-6-4-5-7-13(12)20-14/h4-8,10-11H,9H2,1-3H3,(H2,16,17,18)/t10-,11-,21-/m0/s1. The molecule has 0 spiro atoms. The molecule has 0 radical (unpaired) electrons. The van der Waals surface area contributed by atoms with E-state index in [0.717, 1.165) is 11.0 Å². The van der Waals surface area contributed by atoms with Crippen molar-refractivity contribution >= 4 is 27.8 Å². The predicted molar refractivity (Wildman–Crippen MR) is 84.7 cm³/mol. The maximum atomic E-state index is 11.9. The maximum absolute atomic E-state index is 11.9. The maximum Gasteiger partial charge on any atom is 0.315 e. The molecule has 0 fully saturated rings. The Morgan fingerprint density at radius 1 is 1.29 bits per heavy atom. The van der Waals surface area contributed by atoms with Gasteiger partial charge in [0.2, 0.25) is 0 Å². The Morgan fingerprint density at radius 2 is 2.00 bits per heavy atom. The summed E-state index contributed by atoms with van der Waals surface area (Å²) >= 11 is 0. The monoisotopic (exact) mass is 308 g/mol. The molecule has 2 rings (SSSR count). The van der Waals surface area contributed by atoms with E-state index in [2.05, 4.69) is 10.6 Å². The molecule has 21 heavy (non-hydrogen) atoms. The molecule has 5 nitrogen and oxygen atoms in total. The molecule has 3 atom stereocenters. The number of carbonyl (C=O) groups excluding carboxylic acids is 1. The lowest BCUT2D eigenvalue weighted by atomic mass is 10.2. The van der Waals surface area contributed by atoms with Crippen molar-refractivity contribution in [2.24, 2.45) is 0 Å². The molecule has 0 aliphatic rings. The van der Waals surface area contributed by atoms with Gasteiger partial charge < -0.3 is 15.1 Å². The van der Waals surface area contributed by atoms with Crippen LogP contribution in [0.15, 0.2) is 34.7 Å². The lowest BCUT2D eigenvalue weighted by molar-refractivity contribution is 0.234. The highest BCUT2D eigenvalue weighted by molar-refractivity contribution is 7.84. The predicted octanol–water partition coefficient (Wildman–Crippen LogP) is 2.56. The fourth-order valence-electron chi connectivity index (χ4n) is 2.14. The molecule has 0 aliphatic carbocycles. The highest BCUT2D eigenvalue weighted by Gasteiger charge is 2.15. The van der Waals surface area contributed by atoms with Crippen LogP contribution in [0, 0.1) is 0 Å². The van der Waals surface area contributed by atoms with Gasteiger partial charge in [-0.3, -0.25) is 4.21 Å². The van der Waals surface area contributed by atoms with Gasteiger partial charge in [-0.1, -0.05) is 18.2 Å². The number of para-hydroxylation sites is 1. The van der Waals surface area contributed by atoms with Crippen LogP contribution in [0.3, 0.4) is 0 Å². The molecule has 0 aliphatic heterocycles. The van der Waals surface area contributed by atoms with Gasteiger partial charge in [0.15, 0.2) is 0 Å². The minimum absolute atomic E-state index is 0.140. The number of furan rings is 1. The van der Waals surface area contributed by atoms with Crippen molar-refractivity contribution in [3.05, 3.63) is 36.1 Å². The molecule has 2 N–H and O–H groups in total. The Balaban J connectivity index is 1.95. The normalized spacial score (nSPS) is 15.4. The van der Waals surface area contributed by atoms with Crippen LogP contribution in [0.1, 0.15) is 25.6 Å². The number of hydrogen-bond donors (Lipinski definition) is 2. The minimum Gasteiger partial charge on any atom is -0.459 e. The third-order valence-corrected chi connectivity index (χ3v) is 4.05. The molecule has 0 saturated heterocycles. The van der Waals surface area contributed by atoms with Crippen molar-refractivity contribution in [1.82, 2.24) is 10.6 Å². The van der Waals surface area contributed by atoms with Crippen molar-refractivity contribution in [2.45, 2.75) is 25.9 Å². The van der Waals surface area contributed by atoms with E-state index < -0.39 is 10.8 Å². The second kappa shape index (κ2) is 6.76. The van der Waals surface area contributed by atoms with Gasteiger partial charge in [0, 0.05) is 34.2 Å². The molecule has 2 aromatic rings. The highest BCUT2D eigenvalue weighted by atomic mass is 32.2. The minimum atomic E-state index is -0.932. The second-order valence-corrected chi connectivity index (χ2v) is 6.65. The number of hydrogen-bond acceptors (Lipinski definition) is 3. The van der Waals surface area contributed by atoms with Gasteiger partial charge in [0.05, 0.1) is 6.04 Å². The molecule has 0 saturated carbocycles. The van der Waals surface area contributed by atoms with E-state index in [0.29, 0.717) is 11.5 Å². The van der Waals surface area contributed by atoms with Crippen LogP contribution in [0.5, 0.6) is 0 Å². The third-order valence-electron chi connectivity index (χ3n) is 3.08. The topological polar surface area (TPSA) is 71.3 Å². The van der Waals surface area contributed by atoms with Crippen LogP contribution >= 0.6 is 0 Å². The van der Waals surface area contributed by atoms with Crippen molar-refractivity contribution in [1.29, 1.82) is 0 Å². The van der Waals surface area contributed by atoms with Crippen LogP contribution in [0.4, 0.5) is 4.79 Å². The molecule has 1 heterocycles. The van der Waals surface area contributed by atoms with E-state index in [1.807, 2.05) is 44.2 Å². The first kappa shape index (κ1) is 15.6. The summed E-state index contributed by atoms with van der Waals surface area (Å²) in [5.74, 6) is 1.14. The fraction of sp³-hybridized carbons (Fsp3) is 0.400. The van der Waals surface area contributed by atoms with E-state index in [-0.39, 0.29) is 18.1 Å². The van der Waals surface area contributed by atoms with Gasteiger partial charge in [-0.05, 0) is 26.0 Å². The molecule has 0 unspecified atom stereocenters. The van der Waals surface area contributed by atoms with Gasteiger partial charge in [-0.15, -0.1) is 0 Å². The Kier molecular flexibility index (Phi) is 5.01. The number of fused-ring (bicyclic) bond motifs is 1. The molecule has 114 valence electrons. The number of urea groups is 1. The molecule has 1 aromatic heterocycles. The average Bonchev–Trinajstić information content (AvgIpc) is 2.80.